The first kappa shape index (κ1) is 9.49. The third-order valence-corrected chi connectivity index (χ3v) is 1.99. The Morgan fingerprint density at radius 3 is 2.67 bits per heavy atom. The van der Waals surface area contributed by atoms with E-state index in [2.05, 4.69) is 0 Å². The van der Waals surface area contributed by atoms with Gasteiger partial charge < -0.3 is 4.74 Å². The third-order valence-electron chi connectivity index (χ3n) is 1.57. The lowest BCUT2D eigenvalue weighted by molar-refractivity contribution is 0.414. The Morgan fingerprint density at radius 1 is 1.50 bits per heavy atom. The van der Waals surface area contributed by atoms with Gasteiger partial charge in [0.05, 0.1) is 7.11 Å². The molecule has 0 saturated heterocycles. The molecular weight excluding hydrogens is 192 g/mol. The molecule has 0 aliphatic carbocycles. The first-order valence-electron chi connectivity index (χ1n) is 3.49. The second kappa shape index (κ2) is 3.87. The van der Waals surface area contributed by atoms with Crippen molar-refractivity contribution in [2.24, 2.45) is 0 Å². The van der Waals surface area contributed by atoms with Gasteiger partial charge in [-0.05, 0) is 19.1 Å². The van der Waals surface area contributed by atoms with Crippen molar-refractivity contribution >= 4 is 28.1 Å². The van der Waals surface area contributed by atoms with Crippen molar-refractivity contribution in [1.29, 1.82) is 0 Å². The largest absolute Gasteiger partial charge is 0.496 e. The van der Waals surface area contributed by atoms with Crippen LogP contribution in [0.4, 0.5) is 0 Å². The zero-order valence-electron chi connectivity index (χ0n) is 6.93. The van der Waals surface area contributed by atoms with Crippen LogP contribution in [0.2, 0.25) is 0 Å². The van der Waals surface area contributed by atoms with Gasteiger partial charge in [-0.25, -0.2) is 0 Å². The van der Waals surface area contributed by atoms with Gasteiger partial charge in [0, 0.05) is 5.56 Å². The maximum Gasteiger partial charge on any atom is 0.128 e. The summed E-state index contributed by atoms with van der Waals surface area (Å²) >= 11 is 10.6. The minimum Gasteiger partial charge on any atom is -0.496 e. The zero-order chi connectivity index (χ0) is 9.14. The molecule has 0 N–H and O–H groups in total. The number of benzene rings is 1. The van der Waals surface area contributed by atoms with Crippen LogP contribution in [0.3, 0.4) is 0 Å². The van der Waals surface area contributed by atoms with Crippen LogP contribution >= 0.6 is 23.8 Å². The van der Waals surface area contributed by atoms with Gasteiger partial charge in [-0.3, -0.25) is 0 Å². The maximum atomic E-state index is 5.71. The van der Waals surface area contributed by atoms with Gasteiger partial charge in [0.1, 0.15) is 10.1 Å². The summed E-state index contributed by atoms with van der Waals surface area (Å²) in [6.07, 6.45) is 0. The van der Waals surface area contributed by atoms with E-state index in [9.17, 15) is 0 Å². The lowest BCUT2D eigenvalue weighted by Crippen LogP contribution is -1.94. The molecule has 0 spiro atoms. The van der Waals surface area contributed by atoms with Crippen molar-refractivity contribution in [3.63, 3.8) is 0 Å². The first-order valence-corrected chi connectivity index (χ1v) is 4.28. The topological polar surface area (TPSA) is 9.23 Å². The lowest BCUT2D eigenvalue weighted by atomic mass is 10.1. The number of thiocarbonyl (C=S) groups is 1. The van der Waals surface area contributed by atoms with Crippen molar-refractivity contribution in [3.05, 3.63) is 29.3 Å². The molecule has 0 amide bonds. The van der Waals surface area contributed by atoms with Crippen LogP contribution in [0.15, 0.2) is 18.2 Å². The predicted molar refractivity (Wildman–Crippen MR) is 55.3 cm³/mol. The van der Waals surface area contributed by atoms with Crippen LogP contribution in [0.5, 0.6) is 5.75 Å². The molecule has 3 heteroatoms. The summed E-state index contributed by atoms with van der Waals surface area (Å²) in [5.74, 6) is 0.723. The van der Waals surface area contributed by atoms with Crippen LogP contribution in [-0.2, 0) is 0 Å². The Balaban J connectivity index is 3.21. The highest BCUT2D eigenvalue weighted by Gasteiger charge is 2.05. The fraction of sp³-hybridized carbons (Fsp3) is 0.222. The average Bonchev–Trinajstić information content (AvgIpc) is 2.04. The Bertz CT molecular complexity index is 309. The van der Waals surface area contributed by atoms with Crippen LogP contribution in [0.1, 0.15) is 11.1 Å². The number of ether oxygens (including phenoxy) is 1. The van der Waals surface area contributed by atoms with Gasteiger partial charge in [-0.1, -0.05) is 35.4 Å². The van der Waals surface area contributed by atoms with Gasteiger partial charge in [0.2, 0.25) is 0 Å². The van der Waals surface area contributed by atoms with E-state index in [-0.39, 0.29) is 0 Å². The Labute approximate surface area is 82.3 Å². The molecule has 0 saturated carbocycles. The molecule has 1 aromatic rings. The molecule has 1 aromatic carbocycles. The SMILES string of the molecule is COc1ccc(C)cc1C(=S)Cl. The van der Waals surface area contributed by atoms with Gasteiger partial charge in [-0.15, -0.1) is 0 Å². The fourth-order valence-electron chi connectivity index (χ4n) is 0.975. The third kappa shape index (κ3) is 1.96. The van der Waals surface area contributed by atoms with Crippen molar-refractivity contribution in [3.8, 4) is 5.75 Å². The molecule has 1 rings (SSSR count). The van der Waals surface area contributed by atoms with Crippen molar-refractivity contribution in [1.82, 2.24) is 0 Å². The van der Waals surface area contributed by atoms with Crippen molar-refractivity contribution in [2.75, 3.05) is 7.11 Å². The number of rotatable bonds is 2. The number of halogens is 1. The van der Waals surface area contributed by atoms with Gasteiger partial charge in [0.25, 0.3) is 0 Å². The minimum atomic E-state index is 0.343. The molecular formula is C9H9ClOS. The monoisotopic (exact) mass is 200 g/mol. The zero-order valence-corrected chi connectivity index (χ0v) is 8.50. The Morgan fingerprint density at radius 2 is 2.17 bits per heavy atom. The quantitative estimate of drug-likeness (QED) is 0.536. The standard InChI is InChI=1S/C9H9ClOS/c1-6-3-4-8(11-2)7(5-6)9(10)12/h3-5H,1-2H3. The molecule has 0 atom stereocenters. The van der Waals surface area contributed by atoms with E-state index >= 15 is 0 Å². The first-order chi connectivity index (χ1) is 5.65. The van der Waals surface area contributed by atoms with Crippen LogP contribution in [0.25, 0.3) is 0 Å². The molecule has 0 fully saturated rings. The summed E-state index contributed by atoms with van der Waals surface area (Å²) in [6, 6.07) is 5.73. The molecule has 1 nitrogen and oxygen atoms in total. The van der Waals surface area contributed by atoms with E-state index in [0.717, 1.165) is 16.9 Å². The molecule has 0 aromatic heterocycles. The van der Waals surface area contributed by atoms with E-state index in [1.54, 1.807) is 7.11 Å². The Kier molecular flexibility index (Phi) is 3.06. The highest BCUT2D eigenvalue weighted by molar-refractivity contribution is 7.83. The summed E-state index contributed by atoms with van der Waals surface area (Å²) in [4.78, 5) is 0. The summed E-state index contributed by atoms with van der Waals surface area (Å²) in [5, 5.41) is 0. The smallest absolute Gasteiger partial charge is 0.128 e. The number of methoxy groups -OCH3 is 1. The molecule has 0 aliphatic heterocycles. The molecule has 0 radical (unpaired) electrons. The van der Waals surface area contributed by atoms with E-state index < -0.39 is 0 Å². The second-order valence-electron chi connectivity index (χ2n) is 2.48. The van der Waals surface area contributed by atoms with E-state index in [4.69, 9.17) is 28.6 Å². The van der Waals surface area contributed by atoms with Gasteiger partial charge >= 0.3 is 0 Å². The minimum absolute atomic E-state index is 0.343. The average molecular weight is 201 g/mol. The Hall–Kier alpha value is -0.600. The summed E-state index contributed by atoms with van der Waals surface area (Å²) in [7, 11) is 1.60. The number of aryl methyl sites for hydroxylation is 1. The molecule has 12 heavy (non-hydrogen) atoms. The molecule has 64 valence electrons. The summed E-state index contributed by atoms with van der Waals surface area (Å²) in [5.41, 5.74) is 1.91. The van der Waals surface area contributed by atoms with Crippen molar-refractivity contribution < 1.29 is 4.74 Å². The van der Waals surface area contributed by atoms with E-state index in [0.29, 0.717) is 4.32 Å². The predicted octanol–water partition coefficient (Wildman–Crippen LogP) is 2.92. The molecule has 0 heterocycles. The lowest BCUT2D eigenvalue weighted by Gasteiger charge is -2.06. The summed E-state index contributed by atoms with van der Waals surface area (Å²) in [6.45, 7) is 1.98. The number of hydrogen-bond acceptors (Lipinski definition) is 2. The van der Waals surface area contributed by atoms with Crippen LogP contribution in [-0.4, -0.2) is 11.4 Å². The van der Waals surface area contributed by atoms with Gasteiger partial charge in [0.15, 0.2) is 0 Å². The maximum absolute atomic E-state index is 5.71. The number of hydrogen-bond donors (Lipinski definition) is 0. The fourth-order valence-corrected chi connectivity index (χ4v) is 1.28. The van der Waals surface area contributed by atoms with Gasteiger partial charge in [-0.2, -0.15) is 0 Å². The molecule has 0 unspecified atom stereocenters. The highest BCUT2D eigenvalue weighted by Crippen LogP contribution is 2.21. The highest BCUT2D eigenvalue weighted by atomic mass is 35.5. The normalized spacial score (nSPS) is 9.58. The van der Waals surface area contributed by atoms with E-state index in [1.807, 2.05) is 25.1 Å². The molecule has 0 aliphatic rings. The molecule has 0 bridgehead atoms. The van der Waals surface area contributed by atoms with Crippen LogP contribution in [0, 0.1) is 6.92 Å². The van der Waals surface area contributed by atoms with Crippen LogP contribution < -0.4 is 4.74 Å². The van der Waals surface area contributed by atoms with Crippen molar-refractivity contribution in [2.45, 2.75) is 6.92 Å². The summed E-state index contributed by atoms with van der Waals surface area (Å²) < 4.78 is 5.43. The van der Waals surface area contributed by atoms with E-state index in [1.165, 1.54) is 0 Å². The second-order valence-corrected chi connectivity index (χ2v) is 3.49.